The molecule has 3 nitrogen and oxygen atoms in total. The third-order valence-corrected chi connectivity index (χ3v) is 7.24. The summed E-state index contributed by atoms with van der Waals surface area (Å²) in [5, 5.41) is 12.7. The quantitative estimate of drug-likeness (QED) is 0.537. The fourth-order valence-electron chi connectivity index (χ4n) is 5.78. The molecule has 2 bridgehead atoms. The number of piperidine rings is 3. The highest BCUT2D eigenvalue weighted by molar-refractivity contribution is 5.82. The van der Waals surface area contributed by atoms with Gasteiger partial charge >= 0.3 is 0 Å². The number of pyridine rings is 1. The van der Waals surface area contributed by atoms with Crippen molar-refractivity contribution in [1.29, 1.82) is 0 Å². The lowest BCUT2D eigenvalue weighted by atomic mass is 9.71. The molecule has 0 saturated carbocycles. The Labute approximate surface area is 172 Å². The Morgan fingerprint density at radius 2 is 1.90 bits per heavy atom. The Balaban J connectivity index is 1.56. The highest BCUT2D eigenvalue weighted by Crippen LogP contribution is 2.47. The molecule has 0 aliphatic carbocycles. The number of quaternary nitrogens is 1. The zero-order valence-corrected chi connectivity index (χ0v) is 16.6. The van der Waals surface area contributed by atoms with Crippen molar-refractivity contribution in [2.75, 3.05) is 13.1 Å². The minimum atomic E-state index is -0.520. The predicted molar refractivity (Wildman–Crippen MR) is 116 cm³/mol. The van der Waals surface area contributed by atoms with Crippen molar-refractivity contribution in [3.63, 3.8) is 0 Å². The average molecular weight is 384 g/mol. The average Bonchev–Trinajstić information content (AvgIpc) is 2.78. The molecular weight excluding hydrogens is 356 g/mol. The van der Waals surface area contributed by atoms with E-state index in [1.165, 1.54) is 5.56 Å². The number of hydrogen-bond donors (Lipinski definition) is 1. The number of fused-ring (bicyclic) bond motifs is 4. The second-order valence-electron chi connectivity index (χ2n) is 8.76. The molecule has 0 spiro atoms. The van der Waals surface area contributed by atoms with Crippen LogP contribution in [0.25, 0.3) is 10.9 Å². The van der Waals surface area contributed by atoms with Crippen LogP contribution in [0, 0.1) is 24.2 Å². The van der Waals surface area contributed by atoms with E-state index >= 15 is 0 Å². The first-order chi connectivity index (χ1) is 14.2. The van der Waals surface area contributed by atoms with Crippen LogP contribution in [0.3, 0.4) is 0 Å². The summed E-state index contributed by atoms with van der Waals surface area (Å²) in [6.45, 7) is 2.97. The van der Waals surface area contributed by atoms with Crippen LogP contribution >= 0.6 is 0 Å². The maximum Gasteiger partial charge on any atom is 0.131 e. The molecule has 0 radical (unpaired) electrons. The predicted octanol–water partition coefficient (Wildman–Crippen LogP) is 4.33. The van der Waals surface area contributed by atoms with Gasteiger partial charge in [-0.05, 0) is 23.6 Å². The summed E-state index contributed by atoms with van der Waals surface area (Å²) in [7, 11) is 0. The number of hydrogen-bond acceptors (Lipinski definition) is 2. The van der Waals surface area contributed by atoms with Gasteiger partial charge < -0.3 is 9.59 Å². The van der Waals surface area contributed by atoms with Gasteiger partial charge in [-0.2, -0.15) is 0 Å². The Morgan fingerprint density at radius 3 is 2.72 bits per heavy atom. The molecule has 146 valence electrons. The molecule has 2 aromatic carbocycles. The van der Waals surface area contributed by atoms with Gasteiger partial charge in [0.15, 0.2) is 0 Å². The molecule has 1 aromatic heterocycles. The van der Waals surface area contributed by atoms with Crippen LogP contribution in [0.1, 0.15) is 30.1 Å². The smallest absolute Gasteiger partial charge is 0.131 e. The van der Waals surface area contributed by atoms with Gasteiger partial charge in [0, 0.05) is 30.0 Å². The monoisotopic (exact) mass is 383 g/mol. The number of para-hydroxylation sites is 1. The Hall–Kier alpha value is -2.67. The summed E-state index contributed by atoms with van der Waals surface area (Å²) in [5.41, 5.74) is 3.26. The van der Waals surface area contributed by atoms with Crippen molar-refractivity contribution in [3.05, 3.63) is 78.0 Å². The molecule has 3 saturated heterocycles. The fourth-order valence-corrected chi connectivity index (χ4v) is 5.78. The van der Waals surface area contributed by atoms with E-state index in [0.29, 0.717) is 11.8 Å². The number of aromatic nitrogens is 1. The number of aliphatic hydroxyl groups excluding tert-OH is 1. The molecule has 5 atom stereocenters. The third kappa shape index (κ3) is 3.13. The molecule has 4 unspecified atom stereocenters. The van der Waals surface area contributed by atoms with Crippen molar-refractivity contribution >= 4 is 10.9 Å². The first-order valence-corrected chi connectivity index (χ1v) is 10.6. The van der Waals surface area contributed by atoms with Gasteiger partial charge in [-0.25, -0.2) is 0 Å². The number of nitrogens with zero attached hydrogens (tertiary/aromatic N) is 2. The number of rotatable bonds is 4. The summed E-state index contributed by atoms with van der Waals surface area (Å²) < 4.78 is 0.882. The number of benzene rings is 2. The first-order valence-electron chi connectivity index (χ1n) is 10.6. The van der Waals surface area contributed by atoms with Crippen molar-refractivity contribution < 1.29 is 9.59 Å². The lowest BCUT2D eigenvalue weighted by Crippen LogP contribution is -2.67. The summed E-state index contributed by atoms with van der Waals surface area (Å²) in [6.07, 6.45) is 9.36. The van der Waals surface area contributed by atoms with Crippen molar-refractivity contribution in [1.82, 2.24) is 4.98 Å². The Kier molecular flexibility index (Phi) is 4.62. The molecule has 3 aromatic rings. The highest BCUT2D eigenvalue weighted by Gasteiger charge is 2.54. The molecule has 3 heteroatoms. The Bertz CT molecular complexity index is 1050. The third-order valence-electron chi connectivity index (χ3n) is 7.24. The van der Waals surface area contributed by atoms with Crippen LogP contribution in [0.5, 0.6) is 0 Å². The van der Waals surface area contributed by atoms with Crippen LogP contribution in [0.15, 0.2) is 66.9 Å². The Morgan fingerprint density at radius 1 is 1.10 bits per heavy atom. The van der Waals surface area contributed by atoms with Crippen molar-refractivity contribution in [3.8, 4) is 12.3 Å². The second kappa shape index (κ2) is 7.30. The summed E-state index contributed by atoms with van der Waals surface area (Å²) in [6, 6.07) is 20.9. The van der Waals surface area contributed by atoms with Crippen molar-refractivity contribution in [2.45, 2.75) is 31.5 Å². The van der Waals surface area contributed by atoms with Gasteiger partial charge in [0.05, 0.1) is 24.5 Å². The van der Waals surface area contributed by atoms with Gasteiger partial charge in [0.2, 0.25) is 0 Å². The molecule has 3 fully saturated rings. The molecule has 6 rings (SSSR count). The largest absolute Gasteiger partial charge is 0.382 e. The lowest BCUT2D eigenvalue weighted by molar-refractivity contribution is -0.984. The maximum atomic E-state index is 11.7. The van der Waals surface area contributed by atoms with Gasteiger partial charge in [0.25, 0.3) is 0 Å². The number of terminal acetylenes is 1. The van der Waals surface area contributed by atoms with Gasteiger partial charge in [0.1, 0.15) is 18.7 Å². The molecule has 0 amide bonds. The zero-order valence-electron chi connectivity index (χ0n) is 16.6. The van der Waals surface area contributed by atoms with Gasteiger partial charge in [-0.15, -0.1) is 6.42 Å². The van der Waals surface area contributed by atoms with E-state index in [4.69, 9.17) is 6.42 Å². The summed E-state index contributed by atoms with van der Waals surface area (Å²) in [5.74, 6) is 3.89. The van der Waals surface area contributed by atoms with Crippen molar-refractivity contribution in [2.24, 2.45) is 11.8 Å². The van der Waals surface area contributed by atoms with E-state index in [-0.39, 0.29) is 6.04 Å². The van der Waals surface area contributed by atoms with E-state index < -0.39 is 6.10 Å². The molecule has 3 aliphatic heterocycles. The first kappa shape index (κ1) is 18.4. The summed E-state index contributed by atoms with van der Waals surface area (Å²) in [4.78, 5) is 4.49. The molecule has 29 heavy (non-hydrogen) atoms. The maximum absolute atomic E-state index is 11.7. The zero-order chi connectivity index (χ0) is 19.8. The summed E-state index contributed by atoms with van der Waals surface area (Å²) >= 11 is 0. The van der Waals surface area contributed by atoms with E-state index in [9.17, 15) is 5.11 Å². The SMILES string of the molecule is C#CC1C[N+]2(Cc3ccccc3)CCC1CC2[C@H](O)c1ccnc2ccccc12. The lowest BCUT2D eigenvalue weighted by Gasteiger charge is -2.57. The van der Waals surface area contributed by atoms with E-state index in [2.05, 4.69) is 47.3 Å². The minimum absolute atomic E-state index is 0.157. The van der Waals surface area contributed by atoms with Crippen LogP contribution < -0.4 is 0 Å². The fraction of sp³-hybridized carbons (Fsp3) is 0.346. The molecule has 1 N–H and O–H groups in total. The van der Waals surface area contributed by atoms with Crippen LogP contribution in [-0.4, -0.2) is 33.7 Å². The van der Waals surface area contributed by atoms with Crippen LogP contribution in [0.2, 0.25) is 0 Å². The second-order valence-corrected chi connectivity index (χ2v) is 8.76. The normalized spacial score (nSPS) is 29.4. The molecule has 3 aliphatic rings. The standard InChI is InChI=1S/C26H27N2O/c1-2-20-18-28(17-19-8-4-3-5-9-19)15-13-21(20)16-25(28)26(29)23-12-14-27-24-11-7-6-10-22(23)24/h1,3-12,14,20-21,25-26,29H,13,15-18H2/q+1/t20?,21?,25?,26-,28?/m1/s1. The van der Waals surface area contributed by atoms with Crippen LogP contribution in [-0.2, 0) is 6.54 Å². The van der Waals surface area contributed by atoms with Gasteiger partial charge in [-0.1, -0.05) is 54.5 Å². The minimum Gasteiger partial charge on any atom is -0.382 e. The topological polar surface area (TPSA) is 33.1 Å². The highest BCUT2D eigenvalue weighted by atomic mass is 16.3. The number of aliphatic hydroxyl groups is 1. The van der Waals surface area contributed by atoms with Gasteiger partial charge in [-0.3, -0.25) is 4.98 Å². The van der Waals surface area contributed by atoms with E-state index in [1.807, 2.05) is 30.5 Å². The molecule has 4 heterocycles. The van der Waals surface area contributed by atoms with Crippen LogP contribution in [0.4, 0.5) is 0 Å². The molecular formula is C26H27N2O+. The van der Waals surface area contributed by atoms with E-state index in [0.717, 1.165) is 53.4 Å². The van der Waals surface area contributed by atoms with E-state index in [1.54, 1.807) is 0 Å².